The number of nitrogens with one attached hydrogen (secondary N) is 2. The van der Waals surface area contributed by atoms with Crippen molar-refractivity contribution in [3.8, 4) is 39.5 Å². The minimum absolute atomic E-state index is 0.288. The van der Waals surface area contributed by atoms with E-state index in [0.717, 1.165) is 81.0 Å². The highest BCUT2D eigenvalue weighted by atomic mass is 19.1. The maximum atomic E-state index is 13.9. The van der Waals surface area contributed by atoms with Crippen molar-refractivity contribution >= 4 is 21.8 Å². The molecular formula is C31H27FN6O. The molecule has 1 aliphatic heterocycles. The molecule has 2 N–H and O–H groups in total. The fourth-order valence-electron chi connectivity index (χ4n) is 5.40. The number of likely N-dealkylation sites (tertiary alicyclic amines) is 1. The Morgan fingerprint density at radius 1 is 0.846 bits per heavy atom. The standard InChI is InChI=1S/C31H27FN6O/c32-23-5-3-4-21(14-23)30-26-17-29(35-27(26)8-9-34-30)31-25-16-20(6-7-28(25)36-37-31)22-15-24(19-33-18-22)39-13-12-38-10-1-2-11-38/h3-9,14-19,35H,1-2,10-13H2,(H,36,37). The minimum Gasteiger partial charge on any atom is -0.491 e. The monoisotopic (exact) mass is 518 g/mol. The highest BCUT2D eigenvalue weighted by Gasteiger charge is 2.16. The number of H-pyrrole nitrogens is 2. The van der Waals surface area contributed by atoms with E-state index in [0.29, 0.717) is 6.61 Å². The maximum Gasteiger partial charge on any atom is 0.138 e. The Kier molecular flexibility index (Phi) is 6.01. The van der Waals surface area contributed by atoms with E-state index >= 15 is 0 Å². The minimum atomic E-state index is -0.288. The van der Waals surface area contributed by atoms with Crippen LogP contribution in [0.4, 0.5) is 4.39 Å². The van der Waals surface area contributed by atoms with Crippen molar-refractivity contribution in [2.45, 2.75) is 12.8 Å². The summed E-state index contributed by atoms with van der Waals surface area (Å²) in [7, 11) is 0. The van der Waals surface area contributed by atoms with Crippen molar-refractivity contribution in [2.24, 2.45) is 0 Å². The molecule has 0 saturated carbocycles. The van der Waals surface area contributed by atoms with E-state index in [1.54, 1.807) is 18.5 Å². The number of aromatic amines is 2. The average molecular weight is 519 g/mol. The molecule has 194 valence electrons. The first-order valence-corrected chi connectivity index (χ1v) is 13.2. The number of hydrogen-bond acceptors (Lipinski definition) is 5. The van der Waals surface area contributed by atoms with Crippen LogP contribution < -0.4 is 4.74 Å². The third-order valence-corrected chi connectivity index (χ3v) is 7.39. The molecule has 0 spiro atoms. The maximum absolute atomic E-state index is 13.9. The molecule has 0 bridgehead atoms. The Morgan fingerprint density at radius 3 is 2.64 bits per heavy atom. The van der Waals surface area contributed by atoms with Crippen LogP contribution in [0.1, 0.15) is 12.8 Å². The molecule has 7 nitrogen and oxygen atoms in total. The van der Waals surface area contributed by atoms with Crippen molar-refractivity contribution in [2.75, 3.05) is 26.2 Å². The topological polar surface area (TPSA) is 82.7 Å². The molecule has 0 atom stereocenters. The van der Waals surface area contributed by atoms with Crippen LogP contribution in [0.2, 0.25) is 0 Å². The van der Waals surface area contributed by atoms with E-state index in [1.807, 2.05) is 36.5 Å². The van der Waals surface area contributed by atoms with Crippen molar-refractivity contribution < 1.29 is 9.13 Å². The number of fused-ring (bicyclic) bond motifs is 2. The van der Waals surface area contributed by atoms with Gasteiger partial charge in [0.15, 0.2) is 0 Å². The lowest BCUT2D eigenvalue weighted by Crippen LogP contribution is -2.25. The Morgan fingerprint density at radius 2 is 1.74 bits per heavy atom. The van der Waals surface area contributed by atoms with Gasteiger partial charge >= 0.3 is 0 Å². The third kappa shape index (κ3) is 4.64. The van der Waals surface area contributed by atoms with Crippen LogP contribution in [-0.4, -0.2) is 56.3 Å². The van der Waals surface area contributed by atoms with Crippen LogP contribution >= 0.6 is 0 Å². The van der Waals surface area contributed by atoms with Gasteiger partial charge in [0.1, 0.15) is 23.9 Å². The molecule has 0 radical (unpaired) electrons. The number of hydrogen-bond donors (Lipinski definition) is 2. The zero-order chi connectivity index (χ0) is 26.2. The van der Waals surface area contributed by atoms with Gasteiger partial charge in [0.05, 0.1) is 23.1 Å². The van der Waals surface area contributed by atoms with Crippen LogP contribution in [0.25, 0.3) is 55.6 Å². The molecule has 5 heterocycles. The lowest BCUT2D eigenvalue weighted by Gasteiger charge is -2.15. The molecule has 1 aliphatic rings. The first-order chi connectivity index (χ1) is 19.2. The van der Waals surface area contributed by atoms with Crippen molar-refractivity contribution in [3.63, 3.8) is 0 Å². The van der Waals surface area contributed by atoms with E-state index in [9.17, 15) is 4.39 Å². The summed E-state index contributed by atoms with van der Waals surface area (Å²) < 4.78 is 19.9. The average Bonchev–Trinajstić information content (AvgIpc) is 3.72. The highest BCUT2D eigenvalue weighted by molar-refractivity contribution is 6.00. The van der Waals surface area contributed by atoms with Crippen LogP contribution in [0.15, 0.2) is 79.3 Å². The predicted molar refractivity (Wildman–Crippen MR) is 151 cm³/mol. The second-order valence-electron chi connectivity index (χ2n) is 9.95. The summed E-state index contributed by atoms with van der Waals surface area (Å²) in [5, 5.41) is 9.67. The smallest absolute Gasteiger partial charge is 0.138 e. The number of halogens is 1. The van der Waals surface area contributed by atoms with Gasteiger partial charge in [-0.15, -0.1) is 0 Å². The zero-order valence-electron chi connectivity index (χ0n) is 21.3. The Hall–Kier alpha value is -4.56. The second-order valence-corrected chi connectivity index (χ2v) is 9.95. The van der Waals surface area contributed by atoms with Crippen molar-refractivity contribution in [1.82, 2.24) is 30.0 Å². The Balaban J connectivity index is 1.20. The summed E-state index contributed by atoms with van der Waals surface area (Å²) in [4.78, 5) is 14.9. The van der Waals surface area contributed by atoms with E-state index in [1.165, 1.54) is 25.0 Å². The number of pyridine rings is 2. The summed E-state index contributed by atoms with van der Waals surface area (Å²) in [5.41, 5.74) is 6.97. The molecule has 0 amide bonds. The lowest BCUT2D eigenvalue weighted by atomic mass is 10.0. The number of aromatic nitrogens is 5. The first kappa shape index (κ1) is 23.5. The molecule has 2 aromatic carbocycles. The zero-order valence-corrected chi connectivity index (χ0v) is 21.3. The normalized spacial score (nSPS) is 14.0. The largest absolute Gasteiger partial charge is 0.491 e. The van der Waals surface area contributed by atoms with Crippen LogP contribution in [0, 0.1) is 5.82 Å². The molecule has 6 aromatic rings. The molecule has 0 unspecified atom stereocenters. The molecule has 4 aromatic heterocycles. The van der Waals surface area contributed by atoms with E-state index in [4.69, 9.17) is 4.74 Å². The van der Waals surface area contributed by atoms with Gasteiger partial charge in [-0.05, 0) is 74.0 Å². The van der Waals surface area contributed by atoms with E-state index in [2.05, 4.69) is 42.2 Å². The SMILES string of the molecule is Fc1cccc(-c2nccc3[nH]c(-c4n[nH]c5ccc(-c6cncc(OCCN7CCCC7)c6)cc45)cc23)c1. The first-order valence-electron chi connectivity index (χ1n) is 13.2. The van der Waals surface area contributed by atoms with Crippen LogP contribution in [0.3, 0.4) is 0 Å². The predicted octanol–water partition coefficient (Wildman–Crippen LogP) is 6.45. The van der Waals surface area contributed by atoms with Crippen molar-refractivity contribution in [1.29, 1.82) is 0 Å². The Bertz CT molecular complexity index is 1790. The molecular weight excluding hydrogens is 491 g/mol. The summed E-state index contributed by atoms with van der Waals surface area (Å²) in [5.74, 6) is 0.482. The van der Waals surface area contributed by atoms with Crippen LogP contribution in [0.5, 0.6) is 5.75 Å². The van der Waals surface area contributed by atoms with Crippen molar-refractivity contribution in [3.05, 3.63) is 85.1 Å². The number of ether oxygens (including phenoxy) is 1. The molecule has 8 heteroatoms. The third-order valence-electron chi connectivity index (χ3n) is 7.39. The molecule has 0 aliphatic carbocycles. The Labute approximate surface area is 224 Å². The fraction of sp³-hybridized carbons (Fsp3) is 0.194. The molecule has 1 saturated heterocycles. The van der Waals surface area contributed by atoms with Gasteiger partial charge in [-0.1, -0.05) is 18.2 Å². The summed E-state index contributed by atoms with van der Waals surface area (Å²) in [6.45, 7) is 3.92. The van der Waals surface area contributed by atoms with Gasteiger partial charge in [0.2, 0.25) is 0 Å². The summed E-state index contributed by atoms with van der Waals surface area (Å²) >= 11 is 0. The second kappa shape index (κ2) is 9.96. The van der Waals surface area contributed by atoms with Gasteiger partial charge in [-0.3, -0.25) is 20.0 Å². The molecule has 1 fully saturated rings. The molecule has 7 rings (SSSR count). The van der Waals surface area contributed by atoms with Gasteiger partial charge in [-0.25, -0.2) is 4.39 Å². The number of rotatable bonds is 7. The number of benzene rings is 2. The summed E-state index contributed by atoms with van der Waals surface area (Å²) in [6.07, 6.45) is 7.91. The highest BCUT2D eigenvalue weighted by Crippen LogP contribution is 2.35. The fourth-order valence-corrected chi connectivity index (χ4v) is 5.40. The molecule has 39 heavy (non-hydrogen) atoms. The van der Waals surface area contributed by atoms with Crippen LogP contribution in [-0.2, 0) is 0 Å². The van der Waals surface area contributed by atoms with E-state index in [-0.39, 0.29) is 5.82 Å². The van der Waals surface area contributed by atoms with Gasteiger partial charge < -0.3 is 9.72 Å². The van der Waals surface area contributed by atoms with Gasteiger partial charge in [0, 0.05) is 46.4 Å². The summed E-state index contributed by atoms with van der Waals surface area (Å²) in [6, 6.07) is 18.7. The van der Waals surface area contributed by atoms with Gasteiger partial charge in [-0.2, -0.15) is 5.10 Å². The van der Waals surface area contributed by atoms with Gasteiger partial charge in [0.25, 0.3) is 0 Å². The van der Waals surface area contributed by atoms with E-state index < -0.39 is 0 Å². The number of nitrogens with zero attached hydrogens (tertiary/aromatic N) is 4. The quantitative estimate of drug-likeness (QED) is 0.254. The lowest BCUT2D eigenvalue weighted by molar-refractivity contribution is 0.237.